The normalized spacial score (nSPS) is 16.2. The van der Waals surface area contributed by atoms with Crippen molar-refractivity contribution in [3.05, 3.63) is 17.7 Å². The van der Waals surface area contributed by atoms with Crippen LogP contribution in [0, 0.1) is 0 Å². The Kier molecular flexibility index (Phi) is 4.65. The molecule has 0 atom stereocenters. The maximum absolute atomic E-state index is 11.1. The molecule has 5 N–H and O–H groups in total. The van der Waals surface area contributed by atoms with Crippen molar-refractivity contribution < 1.29 is 4.79 Å². The zero-order valence-electron chi connectivity index (χ0n) is 9.35. The lowest BCUT2D eigenvalue weighted by atomic mass is 9.97. The van der Waals surface area contributed by atoms with Crippen molar-refractivity contribution >= 4 is 24.0 Å². The van der Waals surface area contributed by atoms with Gasteiger partial charge in [0.1, 0.15) is 5.82 Å². The molecule has 1 fully saturated rings. The highest BCUT2D eigenvalue weighted by molar-refractivity contribution is 5.95. The quantitative estimate of drug-likeness (QED) is 0.694. The first-order valence-corrected chi connectivity index (χ1v) is 5.31. The SMILES string of the molecule is Cl.NC(=O)c1nc(C2CCNCC2)ncc1N. The number of nitrogen functional groups attached to an aromatic ring is 1. The van der Waals surface area contributed by atoms with Gasteiger partial charge in [-0.05, 0) is 25.9 Å². The topological polar surface area (TPSA) is 107 Å². The summed E-state index contributed by atoms with van der Waals surface area (Å²) in [6.07, 6.45) is 3.41. The maximum atomic E-state index is 11.1. The number of amides is 1. The van der Waals surface area contributed by atoms with E-state index < -0.39 is 5.91 Å². The van der Waals surface area contributed by atoms with Crippen LogP contribution in [0.2, 0.25) is 0 Å². The first-order chi connectivity index (χ1) is 7.68. The third-order valence-electron chi connectivity index (χ3n) is 2.77. The van der Waals surface area contributed by atoms with E-state index in [1.54, 1.807) is 0 Å². The van der Waals surface area contributed by atoms with Crippen molar-refractivity contribution in [3.63, 3.8) is 0 Å². The number of anilines is 1. The fourth-order valence-electron chi connectivity index (χ4n) is 1.88. The number of aromatic nitrogens is 2. The number of carbonyl (C=O) groups is 1. The van der Waals surface area contributed by atoms with Crippen LogP contribution in [0.1, 0.15) is 35.1 Å². The summed E-state index contributed by atoms with van der Waals surface area (Å²) in [7, 11) is 0. The highest BCUT2D eigenvalue weighted by Gasteiger charge is 2.19. The van der Waals surface area contributed by atoms with E-state index in [2.05, 4.69) is 15.3 Å². The van der Waals surface area contributed by atoms with E-state index in [4.69, 9.17) is 11.5 Å². The fourth-order valence-corrected chi connectivity index (χ4v) is 1.88. The summed E-state index contributed by atoms with van der Waals surface area (Å²) < 4.78 is 0. The monoisotopic (exact) mass is 257 g/mol. The Morgan fingerprint density at radius 1 is 1.41 bits per heavy atom. The molecule has 7 heteroatoms. The van der Waals surface area contributed by atoms with Gasteiger partial charge in [-0.3, -0.25) is 4.79 Å². The summed E-state index contributed by atoms with van der Waals surface area (Å²) in [4.78, 5) is 19.4. The van der Waals surface area contributed by atoms with Crippen LogP contribution in [0.4, 0.5) is 5.69 Å². The molecule has 0 aliphatic carbocycles. The Bertz CT molecular complexity index is 406. The van der Waals surface area contributed by atoms with Crippen LogP contribution in [-0.2, 0) is 0 Å². The zero-order chi connectivity index (χ0) is 11.5. The second-order valence-corrected chi connectivity index (χ2v) is 3.92. The number of hydrogen-bond donors (Lipinski definition) is 3. The number of nitrogens with zero attached hydrogens (tertiary/aromatic N) is 2. The molecule has 1 aromatic rings. The van der Waals surface area contributed by atoms with Gasteiger partial charge in [-0.25, -0.2) is 9.97 Å². The Morgan fingerprint density at radius 3 is 2.65 bits per heavy atom. The van der Waals surface area contributed by atoms with Crippen LogP contribution >= 0.6 is 12.4 Å². The third-order valence-corrected chi connectivity index (χ3v) is 2.77. The molecular weight excluding hydrogens is 242 g/mol. The Balaban J connectivity index is 0.00000144. The largest absolute Gasteiger partial charge is 0.396 e. The minimum atomic E-state index is -0.602. The van der Waals surface area contributed by atoms with Gasteiger partial charge in [-0.1, -0.05) is 0 Å². The van der Waals surface area contributed by atoms with E-state index in [9.17, 15) is 4.79 Å². The van der Waals surface area contributed by atoms with E-state index in [-0.39, 0.29) is 23.8 Å². The van der Waals surface area contributed by atoms with Gasteiger partial charge in [0.25, 0.3) is 5.91 Å². The van der Waals surface area contributed by atoms with E-state index in [0.717, 1.165) is 25.9 Å². The number of primary amides is 1. The second-order valence-electron chi connectivity index (χ2n) is 3.92. The summed E-state index contributed by atoms with van der Waals surface area (Å²) in [6.45, 7) is 1.90. The number of nitrogens with two attached hydrogens (primary N) is 2. The van der Waals surface area contributed by atoms with E-state index in [1.165, 1.54) is 6.20 Å². The molecule has 0 bridgehead atoms. The number of halogens is 1. The molecule has 6 nitrogen and oxygen atoms in total. The molecule has 1 aliphatic rings. The summed E-state index contributed by atoms with van der Waals surface area (Å²) in [6, 6.07) is 0. The Hall–Kier alpha value is -1.40. The molecule has 1 saturated heterocycles. The zero-order valence-corrected chi connectivity index (χ0v) is 10.2. The molecule has 0 radical (unpaired) electrons. The second kappa shape index (κ2) is 5.79. The maximum Gasteiger partial charge on any atom is 0.269 e. The summed E-state index contributed by atoms with van der Waals surface area (Å²) in [5, 5.41) is 3.26. The fraction of sp³-hybridized carbons (Fsp3) is 0.500. The average Bonchev–Trinajstić information content (AvgIpc) is 2.30. The Labute approximate surface area is 106 Å². The molecule has 0 saturated carbocycles. The van der Waals surface area contributed by atoms with Crippen molar-refractivity contribution in [2.24, 2.45) is 5.73 Å². The van der Waals surface area contributed by atoms with E-state index in [1.807, 2.05) is 0 Å². The van der Waals surface area contributed by atoms with Gasteiger partial charge in [-0.15, -0.1) is 12.4 Å². The van der Waals surface area contributed by atoms with Crippen LogP contribution in [0.5, 0.6) is 0 Å². The van der Waals surface area contributed by atoms with Crippen molar-refractivity contribution in [1.82, 2.24) is 15.3 Å². The molecule has 1 aromatic heterocycles. The molecule has 0 spiro atoms. The number of carbonyl (C=O) groups excluding carboxylic acids is 1. The highest BCUT2D eigenvalue weighted by atomic mass is 35.5. The van der Waals surface area contributed by atoms with Crippen molar-refractivity contribution in [1.29, 1.82) is 0 Å². The lowest BCUT2D eigenvalue weighted by molar-refractivity contribution is 0.0996. The van der Waals surface area contributed by atoms with Crippen molar-refractivity contribution in [3.8, 4) is 0 Å². The lowest BCUT2D eigenvalue weighted by Crippen LogP contribution is -2.28. The van der Waals surface area contributed by atoms with Gasteiger partial charge < -0.3 is 16.8 Å². The van der Waals surface area contributed by atoms with Gasteiger partial charge in [-0.2, -0.15) is 0 Å². The molecule has 0 aromatic carbocycles. The molecule has 2 rings (SSSR count). The van der Waals surface area contributed by atoms with Gasteiger partial charge in [0.05, 0.1) is 11.9 Å². The van der Waals surface area contributed by atoms with E-state index in [0.29, 0.717) is 11.7 Å². The summed E-state index contributed by atoms with van der Waals surface area (Å²) >= 11 is 0. The molecule has 1 aliphatic heterocycles. The molecular formula is C10H16ClN5O. The van der Waals surface area contributed by atoms with Crippen LogP contribution in [0.3, 0.4) is 0 Å². The minimum absolute atomic E-state index is 0. The first kappa shape index (κ1) is 13.7. The Morgan fingerprint density at radius 2 is 2.06 bits per heavy atom. The first-order valence-electron chi connectivity index (χ1n) is 5.31. The van der Waals surface area contributed by atoms with Gasteiger partial charge in [0.15, 0.2) is 5.69 Å². The summed E-state index contributed by atoms with van der Waals surface area (Å²) in [5.74, 6) is 0.361. The number of piperidine rings is 1. The van der Waals surface area contributed by atoms with Crippen LogP contribution < -0.4 is 16.8 Å². The van der Waals surface area contributed by atoms with Crippen LogP contribution in [0.25, 0.3) is 0 Å². The van der Waals surface area contributed by atoms with Gasteiger partial charge >= 0.3 is 0 Å². The van der Waals surface area contributed by atoms with Crippen molar-refractivity contribution in [2.75, 3.05) is 18.8 Å². The van der Waals surface area contributed by atoms with Gasteiger partial charge in [0, 0.05) is 5.92 Å². The number of hydrogen-bond acceptors (Lipinski definition) is 5. The van der Waals surface area contributed by atoms with E-state index >= 15 is 0 Å². The minimum Gasteiger partial charge on any atom is -0.396 e. The highest BCUT2D eigenvalue weighted by Crippen LogP contribution is 2.22. The predicted molar refractivity (Wildman–Crippen MR) is 67.1 cm³/mol. The third kappa shape index (κ3) is 3.04. The molecule has 17 heavy (non-hydrogen) atoms. The molecule has 1 amide bonds. The van der Waals surface area contributed by atoms with Crippen LogP contribution in [0.15, 0.2) is 6.20 Å². The predicted octanol–water partition coefficient (Wildman–Crippen LogP) is 0.0465. The van der Waals surface area contributed by atoms with Gasteiger partial charge in [0.2, 0.25) is 0 Å². The molecule has 2 heterocycles. The standard InChI is InChI=1S/C10H15N5O.ClH/c11-7-5-14-10(15-8(7)9(12)16)6-1-3-13-4-2-6;/h5-6,13H,1-4,11H2,(H2,12,16);1H. The lowest BCUT2D eigenvalue weighted by Gasteiger charge is -2.21. The average molecular weight is 258 g/mol. The van der Waals surface area contributed by atoms with Crippen LogP contribution in [-0.4, -0.2) is 29.0 Å². The molecule has 0 unspecified atom stereocenters. The number of nitrogens with one attached hydrogen (secondary N) is 1. The number of rotatable bonds is 2. The molecule has 94 valence electrons. The summed E-state index contributed by atoms with van der Waals surface area (Å²) in [5.41, 5.74) is 11.1. The van der Waals surface area contributed by atoms with Crippen molar-refractivity contribution in [2.45, 2.75) is 18.8 Å². The smallest absolute Gasteiger partial charge is 0.269 e.